The molecule has 0 aromatic heterocycles. The normalized spacial score (nSPS) is 28.2. The molecule has 0 N–H and O–H groups in total. The highest BCUT2D eigenvalue weighted by Gasteiger charge is 2.47. The topological polar surface area (TPSA) is 81.8 Å². The van der Waals surface area contributed by atoms with Gasteiger partial charge in [-0.1, -0.05) is 10.3 Å². The highest BCUT2D eigenvalue weighted by Crippen LogP contribution is 2.33. The van der Waals surface area contributed by atoms with Crippen molar-refractivity contribution >= 4 is 11.5 Å². The first kappa shape index (κ1) is 12.7. The van der Waals surface area contributed by atoms with Gasteiger partial charge in [-0.05, 0) is 20.8 Å². The highest BCUT2D eigenvalue weighted by atomic mass is 16.9. The smallest absolute Gasteiger partial charge is 0.308 e. The van der Waals surface area contributed by atoms with E-state index >= 15 is 0 Å². The van der Waals surface area contributed by atoms with Crippen LogP contribution in [-0.2, 0) is 19.1 Å². The van der Waals surface area contributed by atoms with Gasteiger partial charge >= 0.3 is 6.10 Å². The lowest BCUT2D eigenvalue weighted by molar-refractivity contribution is -0.376. The number of ketones is 1. The van der Waals surface area contributed by atoms with Crippen LogP contribution in [0.4, 0.5) is 0 Å². The summed E-state index contributed by atoms with van der Waals surface area (Å²) in [4.78, 5) is 15.9. The van der Waals surface area contributed by atoms with Crippen LogP contribution in [0.3, 0.4) is 0 Å². The standard InChI is InChI=1S/C9H15N3O4/c1-6(7(2)13)10-16-9(14-5)12-11-8(3,4)15-9/h1-5H3/b10-6-. The Hall–Kier alpha value is -1.34. The molecule has 90 valence electrons. The molecule has 16 heavy (non-hydrogen) atoms. The van der Waals surface area contributed by atoms with Crippen molar-refractivity contribution in [2.24, 2.45) is 15.4 Å². The fourth-order valence-corrected chi connectivity index (χ4v) is 0.885. The number of oxime groups is 1. The van der Waals surface area contributed by atoms with E-state index in [1.807, 2.05) is 0 Å². The van der Waals surface area contributed by atoms with E-state index in [0.29, 0.717) is 0 Å². The molecule has 0 radical (unpaired) electrons. The number of nitrogens with zero attached hydrogens (tertiary/aromatic N) is 3. The van der Waals surface area contributed by atoms with E-state index in [1.54, 1.807) is 13.8 Å². The number of azo groups is 1. The Bertz CT molecular complexity index is 351. The third kappa shape index (κ3) is 2.83. The number of Topliss-reactive ketones (excluding diaryl/α,β-unsaturated/α-hetero) is 1. The molecule has 0 spiro atoms. The largest absolute Gasteiger partial charge is 0.481 e. The Labute approximate surface area is 93.5 Å². The van der Waals surface area contributed by atoms with Crippen molar-refractivity contribution in [1.29, 1.82) is 0 Å². The fourth-order valence-electron chi connectivity index (χ4n) is 0.885. The lowest BCUT2D eigenvalue weighted by Crippen LogP contribution is -2.36. The maximum Gasteiger partial charge on any atom is 0.481 e. The van der Waals surface area contributed by atoms with Crippen LogP contribution in [0.2, 0.25) is 0 Å². The molecular weight excluding hydrogens is 214 g/mol. The van der Waals surface area contributed by atoms with Gasteiger partial charge in [0.2, 0.25) is 0 Å². The van der Waals surface area contributed by atoms with Gasteiger partial charge in [0.15, 0.2) is 11.5 Å². The maximum atomic E-state index is 10.9. The molecule has 0 saturated carbocycles. The molecule has 7 nitrogen and oxygen atoms in total. The number of ether oxygens (including phenoxy) is 2. The van der Waals surface area contributed by atoms with Crippen LogP contribution in [0.15, 0.2) is 15.4 Å². The third-order valence-corrected chi connectivity index (χ3v) is 1.86. The molecule has 1 heterocycles. The molecule has 1 aliphatic heterocycles. The second kappa shape index (κ2) is 4.26. The van der Waals surface area contributed by atoms with Crippen molar-refractivity contribution in [2.45, 2.75) is 39.5 Å². The molecule has 1 unspecified atom stereocenters. The first-order valence-corrected chi connectivity index (χ1v) is 4.73. The predicted molar refractivity (Wildman–Crippen MR) is 54.6 cm³/mol. The Morgan fingerprint density at radius 3 is 2.31 bits per heavy atom. The molecular formula is C9H15N3O4. The molecule has 0 saturated heterocycles. The zero-order valence-corrected chi connectivity index (χ0v) is 9.97. The number of rotatable bonds is 4. The van der Waals surface area contributed by atoms with E-state index < -0.39 is 11.8 Å². The molecule has 1 atom stereocenters. The summed E-state index contributed by atoms with van der Waals surface area (Å²) in [6, 6.07) is 0. The highest BCUT2D eigenvalue weighted by molar-refractivity contribution is 6.37. The molecule has 7 heteroatoms. The minimum Gasteiger partial charge on any atom is -0.308 e. The number of carbonyl (C=O) groups excluding carboxylic acids is 1. The number of carbonyl (C=O) groups is 1. The van der Waals surface area contributed by atoms with Crippen molar-refractivity contribution in [3.63, 3.8) is 0 Å². The van der Waals surface area contributed by atoms with E-state index in [9.17, 15) is 4.79 Å². The molecule has 0 aliphatic carbocycles. The lowest BCUT2D eigenvalue weighted by Gasteiger charge is -2.22. The van der Waals surface area contributed by atoms with Crippen molar-refractivity contribution in [3.8, 4) is 0 Å². The third-order valence-electron chi connectivity index (χ3n) is 1.86. The second-order valence-corrected chi connectivity index (χ2v) is 3.80. The average Bonchev–Trinajstić information content (AvgIpc) is 2.52. The van der Waals surface area contributed by atoms with Gasteiger partial charge in [-0.3, -0.25) is 14.3 Å². The first-order chi connectivity index (χ1) is 7.30. The summed E-state index contributed by atoms with van der Waals surface area (Å²) in [5.74, 6) is -0.208. The second-order valence-electron chi connectivity index (χ2n) is 3.80. The summed E-state index contributed by atoms with van der Waals surface area (Å²) in [6.07, 6.45) is -1.69. The van der Waals surface area contributed by atoms with Crippen LogP contribution in [0, 0.1) is 0 Å². The fraction of sp³-hybridized carbons (Fsp3) is 0.778. The number of hydrogen-bond acceptors (Lipinski definition) is 7. The minimum atomic E-state index is -1.69. The van der Waals surface area contributed by atoms with E-state index in [1.165, 1.54) is 21.0 Å². The molecule has 0 bridgehead atoms. The monoisotopic (exact) mass is 229 g/mol. The van der Waals surface area contributed by atoms with Gasteiger partial charge in [0.1, 0.15) is 5.71 Å². The predicted octanol–water partition coefficient (Wildman–Crippen LogP) is 1.44. The van der Waals surface area contributed by atoms with Crippen LogP contribution in [0.5, 0.6) is 0 Å². The Balaban J connectivity index is 2.75. The van der Waals surface area contributed by atoms with Gasteiger partial charge in [0.05, 0.1) is 0 Å². The molecule has 1 aliphatic rings. The molecule has 0 fully saturated rings. The van der Waals surface area contributed by atoms with Gasteiger partial charge < -0.3 is 4.84 Å². The van der Waals surface area contributed by atoms with E-state index in [-0.39, 0.29) is 11.5 Å². The van der Waals surface area contributed by atoms with Gasteiger partial charge in [-0.25, -0.2) is 0 Å². The molecule has 1 rings (SSSR count). The van der Waals surface area contributed by atoms with Crippen LogP contribution < -0.4 is 0 Å². The summed E-state index contributed by atoms with van der Waals surface area (Å²) in [6.45, 7) is 6.29. The van der Waals surface area contributed by atoms with Crippen molar-refractivity contribution in [2.75, 3.05) is 7.11 Å². The molecule has 0 aromatic rings. The Morgan fingerprint density at radius 1 is 1.31 bits per heavy atom. The summed E-state index contributed by atoms with van der Waals surface area (Å²) in [7, 11) is 1.35. The van der Waals surface area contributed by atoms with E-state index in [2.05, 4.69) is 15.4 Å². The average molecular weight is 229 g/mol. The lowest BCUT2D eigenvalue weighted by atomic mass is 10.3. The summed E-state index contributed by atoms with van der Waals surface area (Å²) in [5.41, 5.74) is -0.643. The van der Waals surface area contributed by atoms with Crippen molar-refractivity contribution in [3.05, 3.63) is 0 Å². The van der Waals surface area contributed by atoms with Gasteiger partial charge in [-0.15, -0.1) is 5.11 Å². The summed E-state index contributed by atoms with van der Waals surface area (Å²) >= 11 is 0. The van der Waals surface area contributed by atoms with Gasteiger partial charge in [0, 0.05) is 14.0 Å². The Morgan fingerprint density at radius 2 is 1.94 bits per heavy atom. The number of hydrogen-bond donors (Lipinski definition) is 0. The molecule has 0 aromatic carbocycles. The minimum absolute atomic E-state index is 0.194. The summed E-state index contributed by atoms with van der Waals surface area (Å²) in [5, 5.41) is 11.1. The Kier molecular flexibility index (Phi) is 3.39. The van der Waals surface area contributed by atoms with Crippen LogP contribution in [0.1, 0.15) is 27.7 Å². The van der Waals surface area contributed by atoms with Crippen molar-refractivity contribution < 1.29 is 19.1 Å². The van der Waals surface area contributed by atoms with Crippen LogP contribution in [-0.4, -0.2) is 30.4 Å². The van der Waals surface area contributed by atoms with Gasteiger partial charge in [-0.2, -0.15) is 0 Å². The SMILES string of the molecule is COC1(O/N=C(/C)C(C)=O)N=NC(C)(C)O1. The van der Waals surface area contributed by atoms with E-state index in [0.717, 1.165) is 0 Å². The maximum absolute atomic E-state index is 10.9. The van der Waals surface area contributed by atoms with Crippen LogP contribution >= 0.6 is 0 Å². The van der Waals surface area contributed by atoms with Gasteiger partial charge in [0.25, 0.3) is 0 Å². The number of methoxy groups -OCH3 is 1. The zero-order chi connectivity index (χ0) is 12.4. The summed E-state index contributed by atoms with van der Waals surface area (Å²) < 4.78 is 10.3. The first-order valence-electron chi connectivity index (χ1n) is 4.73. The quantitative estimate of drug-likeness (QED) is 0.415. The molecule has 0 amide bonds. The van der Waals surface area contributed by atoms with E-state index in [4.69, 9.17) is 14.3 Å². The van der Waals surface area contributed by atoms with Crippen molar-refractivity contribution in [1.82, 2.24) is 0 Å². The van der Waals surface area contributed by atoms with Crippen LogP contribution in [0.25, 0.3) is 0 Å². The zero-order valence-electron chi connectivity index (χ0n) is 9.97.